The first-order chi connectivity index (χ1) is 33.2. The fraction of sp³-hybridized carbons (Fsp3) is 0. The zero-order chi connectivity index (χ0) is 44.5. The Labute approximate surface area is 389 Å². The third-order valence-electron chi connectivity index (χ3n) is 12.6. The maximum atomic E-state index is 5.26. The van der Waals surface area contributed by atoms with Crippen LogP contribution in [-0.4, -0.2) is 19.5 Å². The quantitative estimate of drug-likeness (QED) is 0.145. The highest BCUT2D eigenvalue weighted by molar-refractivity contribution is 6.09. The van der Waals surface area contributed by atoms with E-state index < -0.39 is 0 Å². The van der Waals surface area contributed by atoms with Gasteiger partial charge in [-0.3, -0.25) is 0 Å². The van der Waals surface area contributed by atoms with Crippen LogP contribution in [0, 0.1) is 0 Å². The first-order valence-corrected chi connectivity index (χ1v) is 22.7. The molecular formula is C63H42N4. The van der Waals surface area contributed by atoms with E-state index >= 15 is 0 Å². The van der Waals surface area contributed by atoms with Crippen LogP contribution in [0.2, 0.25) is 0 Å². The van der Waals surface area contributed by atoms with Crippen molar-refractivity contribution >= 4 is 21.8 Å². The molecule has 314 valence electrons. The van der Waals surface area contributed by atoms with Crippen LogP contribution < -0.4 is 0 Å². The molecule has 0 amide bonds. The van der Waals surface area contributed by atoms with Gasteiger partial charge in [0.1, 0.15) is 0 Å². The summed E-state index contributed by atoms with van der Waals surface area (Å²) in [5.41, 5.74) is 17.6. The molecule has 67 heavy (non-hydrogen) atoms. The Hall–Kier alpha value is -8.99. The summed E-state index contributed by atoms with van der Waals surface area (Å²) in [5.74, 6) is 1.82. The molecule has 0 aliphatic heterocycles. The molecule has 0 saturated heterocycles. The van der Waals surface area contributed by atoms with Gasteiger partial charge >= 0.3 is 0 Å². The average molecular weight is 855 g/mol. The summed E-state index contributed by atoms with van der Waals surface area (Å²) in [4.78, 5) is 15.7. The van der Waals surface area contributed by atoms with Crippen molar-refractivity contribution in [3.05, 3.63) is 255 Å². The summed E-state index contributed by atoms with van der Waals surface area (Å²) in [6.45, 7) is 0. The van der Waals surface area contributed by atoms with Crippen LogP contribution >= 0.6 is 0 Å². The second-order valence-corrected chi connectivity index (χ2v) is 16.9. The van der Waals surface area contributed by atoms with Gasteiger partial charge in [-0.2, -0.15) is 0 Å². The van der Waals surface area contributed by atoms with Gasteiger partial charge in [-0.15, -0.1) is 0 Å². The highest BCUT2D eigenvalue weighted by Gasteiger charge is 2.17. The topological polar surface area (TPSA) is 43.6 Å². The average Bonchev–Trinajstić information content (AvgIpc) is 3.76. The third kappa shape index (κ3) is 7.77. The summed E-state index contributed by atoms with van der Waals surface area (Å²) in [6.07, 6.45) is 0. The van der Waals surface area contributed by atoms with Gasteiger partial charge in [0.05, 0.1) is 11.0 Å². The monoisotopic (exact) mass is 854 g/mol. The number of nitrogens with zero attached hydrogens (tertiary/aromatic N) is 4. The van der Waals surface area contributed by atoms with Gasteiger partial charge in [-0.1, -0.05) is 206 Å². The highest BCUT2D eigenvalue weighted by atomic mass is 15.0. The molecule has 0 fully saturated rings. The Morgan fingerprint density at radius 1 is 0.209 bits per heavy atom. The second kappa shape index (κ2) is 17.2. The SMILES string of the molecule is c1ccc(-c2cccc(-c3ccc(-c4nc(-c5cccc(-c6cccc(-c7cccc(-c8ccccc8)c7)c6)c5)nc(-c5cccc(-n6c7ccccc7c7ccccc76)c5)n4)cc3)c2)cc1. The predicted molar refractivity (Wildman–Crippen MR) is 278 cm³/mol. The lowest BCUT2D eigenvalue weighted by Crippen LogP contribution is -2.01. The lowest BCUT2D eigenvalue weighted by Gasteiger charge is -2.12. The van der Waals surface area contributed by atoms with Gasteiger partial charge in [-0.05, 0) is 104 Å². The van der Waals surface area contributed by atoms with Crippen molar-refractivity contribution in [1.82, 2.24) is 19.5 Å². The maximum absolute atomic E-state index is 5.26. The first-order valence-electron chi connectivity index (χ1n) is 22.7. The largest absolute Gasteiger partial charge is 0.309 e. The standard InChI is InChI=1S/C63H42N4/c1-3-16-43(17-4-1)47-20-11-22-49(38-47)45-34-36-46(37-35-45)61-64-62(66-63(65-61)55-28-15-29-56(42-55)67-59-32-9-7-30-57(59)58-31-8-10-33-60(58)67)54-27-14-26-53(41-54)52-25-13-24-51(40-52)50-23-12-21-48(39-50)44-18-5-2-6-19-44/h1-42H. The van der Waals surface area contributed by atoms with Gasteiger partial charge in [0.2, 0.25) is 0 Å². The van der Waals surface area contributed by atoms with Crippen LogP contribution in [0.25, 0.3) is 117 Å². The Morgan fingerprint density at radius 2 is 0.507 bits per heavy atom. The zero-order valence-electron chi connectivity index (χ0n) is 36.5. The second-order valence-electron chi connectivity index (χ2n) is 16.9. The predicted octanol–water partition coefficient (Wildman–Crippen LogP) is 16.3. The molecule has 0 aliphatic carbocycles. The van der Waals surface area contributed by atoms with Crippen LogP contribution in [0.3, 0.4) is 0 Å². The molecule has 2 heterocycles. The van der Waals surface area contributed by atoms with Gasteiger partial charge in [0, 0.05) is 33.2 Å². The van der Waals surface area contributed by atoms with Crippen molar-refractivity contribution in [2.75, 3.05) is 0 Å². The molecule has 0 radical (unpaired) electrons. The van der Waals surface area contributed by atoms with Crippen molar-refractivity contribution in [2.24, 2.45) is 0 Å². The van der Waals surface area contributed by atoms with E-state index in [0.717, 1.165) is 61.2 Å². The van der Waals surface area contributed by atoms with E-state index in [0.29, 0.717) is 17.5 Å². The van der Waals surface area contributed by atoms with Gasteiger partial charge in [0.15, 0.2) is 17.5 Å². The van der Waals surface area contributed by atoms with Crippen LogP contribution in [0.4, 0.5) is 0 Å². The van der Waals surface area contributed by atoms with Crippen molar-refractivity contribution < 1.29 is 0 Å². The number of hydrogen-bond acceptors (Lipinski definition) is 3. The molecule has 0 atom stereocenters. The fourth-order valence-electron chi connectivity index (χ4n) is 9.29. The summed E-state index contributed by atoms with van der Waals surface area (Å²) in [5, 5.41) is 2.43. The molecular weight excluding hydrogens is 813 g/mol. The molecule has 2 aromatic heterocycles. The van der Waals surface area contributed by atoms with E-state index in [2.05, 4.69) is 259 Å². The zero-order valence-corrected chi connectivity index (χ0v) is 36.5. The van der Waals surface area contributed by atoms with E-state index in [9.17, 15) is 0 Å². The van der Waals surface area contributed by atoms with E-state index in [1.165, 1.54) is 38.6 Å². The number of rotatable bonds is 9. The van der Waals surface area contributed by atoms with Crippen molar-refractivity contribution in [2.45, 2.75) is 0 Å². The van der Waals surface area contributed by atoms with Crippen molar-refractivity contribution in [1.29, 1.82) is 0 Å². The Balaban J connectivity index is 0.950. The molecule has 0 N–H and O–H groups in total. The lowest BCUT2D eigenvalue weighted by atomic mass is 9.95. The van der Waals surface area contributed by atoms with Crippen LogP contribution in [0.1, 0.15) is 0 Å². The highest BCUT2D eigenvalue weighted by Crippen LogP contribution is 2.36. The summed E-state index contributed by atoms with van der Waals surface area (Å²) in [7, 11) is 0. The summed E-state index contributed by atoms with van der Waals surface area (Å²) >= 11 is 0. The molecule has 12 aromatic rings. The van der Waals surface area contributed by atoms with Gasteiger partial charge in [-0.25, -0.2) is 15.0 Å². The molecule has 0 aliphatic rings. The number of aromatic nitrogens is 4. The maximum Gasteiger partial charge on any atom is 0.164 e. The number of para-hydroxylation sites is 2. The number of fused-ring (bicyclic) bond motifs is 3. The molecule has 0 spiro atoms. The number of hydrogen-bond donors (Lipinski definition) is 0. The minimum atomic E-state index is 0.605. The molecule has 4 heteroatoms. The van der Waals surface area contributed by atoms with Crippen molar-refractivity contribution in [3.63, 3.8) is 0 Å². The Morgan fingerprint density at radius 3 is 0.970 bits per heavy atom. The number of benzene rings is 10. The minimum Gasteiger partial charge on any atom is -0.309 e. The first kappa shape index (κ1) is 39.6. The Bertz CT molecular complexity index is 3690. The Kier molecular flexibility index (Phi) is 10.2. The summed E-state index contributed by atoms with van der Waals surface area (Å²) in [6, 6.07) is 90.1. The van der Waals surface area contributed by atoms with Gasteiger partial charge < -0.3 is 4.57 Å². The van der Waals surface area contributed by atoms with E-state index in [-0.39, 0.29) is 0 Å². The van der Waals surface area contributed by atoms with Crippen molar-refractivity contribution in [3.8, 4) is 95.5 Å². The molecule has 0 bridgehead atoms. The smallest absolute Gasteiger partial charge is 0.164 e. The summed E-state index contributed by atoms with van der Waals surface area (Å²) < 4.78 is 2.33. The third-order valence-corrected chi connectivity index (χ3v) is 12.6. The molecule has 10 aromatic carbocycles. The van der Waals surface area contributed by atoms with Crippen LogP contribution in [0.5, 0.6) is 0 Å². The normalized spacial score (nSPS) is 11.3. The lowest BCUT2D eigenvalue weighted by molar-refractivity contribution is 1.07. The minimum absolute atomic E-state index is 0.605. The molecule has 12 rings (SSSR count). The van der Waals surface area contributed by atoms with Crippen LogP contribution in [0.15, 0.2) is 255 Å². The van der Waals surface area contributed by atoms with E-state index in [1.807, 2.05) is 0 Å². The van der Waals surface area contributed by atoms with Crippen LogP contribution in [-0.2, 0) is 0 Å². The van der Waals surface area contributed by atoms with E-state index in [4.69, 9.17) is 15.0 Å². The molecule has 0 saturated carbocycles. The molecule has 4 nitrogen and oxygen atoms in total. The molecule has 0 unspecified atom stereocenters. The van der Waals surface area contributed by atoms with Gasteiger partial charge in [0.25, 0.3) is 0 Å². The fourth-order valence-corrected chi connectivity index (χ4v) is 9.29. The van der Waals surface area contributed by atoms with E-state index in [1.54, 1.807) is 0 Å².